The fraction of sp³-hybridized carbons (Fsp3) is 0.200. The molecule has 3 aromatic rings. The zero-order valence-electron chi connectivity index (χ0n) is 15.1. The van der Waals surface area contributed by atoms with Crippen molar-refractivity contribution in [1.29, 1.82) is 0 Å². The summed E-state index contributed by atoms with van der Waals surface area (Å²) >= 11 is 0. The summed E-state index contributed by atoms with van der Waals surface area (Å²) in [5, 5.41) is 0.598. The standard InChI is InChI=1S/C20H12F6O4/c1-10-4-18(28)30-17-8-14(2-3-15(10)17)29-9-16(27)11-5-12(19(21,22)23)7-13(6-11)20(24,25)26/h2-8H,9H2,1H3. The average molecular weight is 430 g/mol. The molecule has 0 spiro atoms. The molecule has 0 fully saturated rings. The third-order valence-corrected chi connectivity index (χ3v) is 4.20. The molecule has 30 heavy (non-hydrogen) atoms. The molecular formula is C20H12F6O4. The van der Waals surface area contributed by atoms with E-state index in [1.54, 1.807) is 13.0 Å². The Morgan fingerprint density at radius 3 is 2.10 bits per heavy atom. The second-order valence-electron chi connectivity index (χ2n) is 6.41. The van der Waals surface area contributed by atoms with Gasteiger partial charge in [0.1, 0.15) is 11.3 Å². The fourth-order valence-corrected chi connectivity index (χ4v) is 2.74. The number of ketones is 1. The van der Waals surface area contributed by atoms with E-state index in [0.29, 0.717) is 23.1 Å². The first-order chi connectivity index (χ1) is 13.8. The van der Waals surface area contributed by atoms with Crippen LogP contribution in [0.25, 0.3) is 11.0 Å². The normalized spacial score (nSPS) is 12.2. The first-order valence-corrected chi connectivity index (χ1v) is 8.34. The van der Waals surface area contributed by atoms with Crippen molar-refractivity contribution in [3.05, 3.63) is 75.1 Å². The van der Waals surface area contributed by atoms with Crippen molar-refractivity contribution in [1.82, 2.24) is 0 Å². The molecule has 158 valence electrons. The summed E-state index contributed by atoms with van der Waals surface area (Å²) in [6.45, 7) is 0.856. The lowest BCUT2D eigenvalue weighted by molar-refractivity contribution is -0.143. The second kappa shape index (κ2) is 7.51. The van der Waals surface area contributed by atoms with Gasteiger partial charge in [-0.25, -0.2) is 4.79 Å². The molecule has 0 radical (unpaired) electrons. The van der Waals surface area contributed by atoms with Gasteiger partial charge in [0.25, 0.3) is 0 Å². The van der Waals surface area contributed by atoms with Gasteiger partial charge in [0.05, 0.1) is 11.1 Å². The summed E-state index contributed by atoms with van der Waals surface area (Å²) < 4.78 is 87.7. The minimum atomic E-state index is -5.06. The van der Waals surface area contributed by atoms with Gasteiger partial charge in [-0.1, -0.05) is 0 Å². The number of halogens is 6. The van der Waals surface area contributed by atoms with Crippen LogP contribution in [0.5, 0.6) is 5.75 Å². The molecule has 0 unspecified atom stereocenters. The van der Waals surface area contributed by atoms with Crippen LogP contribution < -0.4 is 10.4 Å². The van der Waals surface area contributed by atoms with Crippen LogP contribution in [0.1, 0.15) is 27.0 Å². The Kier molecular flexibility index (Phi) is 5.36. The van der Waals surface area contributed by atoms with E-state index in [1.807, 2.05) is 0 Å². The number of alkyl halides is 6. The second-order valence-corrected chi connectivity index (χ2v) is 6.41. The predicted octanol–water partition coefficient (Wildman–Crippen LogP) is 5.40. The topological polar surface area (TPSA) is 56.5 Å². The molecule has 4 nitrogen and oxygen atoms in total. The van der Waals surface area contributed by atoms with E-state index >= 15 is 0 Å². The number of ether oxygens (including phenoxy) is 1. The van der Waals surface area contributed by atoms with Gasteiger partial charge in [0.15, 0.2) is 12.4 Å². The number of Topliss-reactive ketones (excluding diaryl/α,β-unsaturated/α-hetero) is 1. The molecule has 2 aromatic carbocycles. The van der Waals surface area contributed by atoms with Gasteiger partial charge in [-0.2, -0.15) is 26.3 Å². The molecule has 3 rings (SSSR count). The van der Waals surface area contributed by atoms with E-state index in [0.717, 1.165) is 0 Å². The highest BCUT2D eigenvalue weighted by atomic mass is 19.4. The Labute approximate surface area is 164 Å². The summed E-state index contributed by atoms with van der Waals surface area (Å²) in [5.41, 5.74) is -3.81. The maximum absolute atomic E-state index is 12.9. The van der Waals surface area contributed by atoms with Crippen molar-refractivity contribution < 1.29 is 40.3 Å². The Morgan fingerprint density at radius 1 is 0.933 bits per heavy atom. The van der Waals surface area contributed by atoms with Crippen LogP contribution in [0.3, 0.4) is 0 Å². The molecule has 0 atom stereocenters. The SMILES string of the molecule is Cc1cc(=O)oc2cc(OCC(=O)c3cc(C(F)(F)F)cc(C(F)(F)F)c3)ccc12. The molecule has 1 heterocycles. The van der Waals surface area contributed by atoms with Gasteiger partial charge >= 0.3 is 18.0 Å². The van der Waals surface area contributed by atoms with Crippen LogP contribution in [0.2, 0.25) is 0 Å². The fourth-order valence-electron chi connectivity index (χ4n) is 2.74. The van der Waals surface area contributed by atoms with Crippen molar-refractivity contribution in [2.24, 2.45) is 0 Å². The first kappa shape index (κ1) is 21.4. The van der Waals surface area contributed by atoms with Gasteiger partial charge in [0, 0.05) is 23.1 Å². The number of benzene rings is 2. The number of fused-ring (bicyclic) bond motifs is 1. The summed E-state index contributed by atoms with van der Waals surface area (Å²) in [5.74, 6) is -1.04. The van der Waals surface area contributed by atoms with E-state index in [4.69, 9.17) is 9.15 Å². The number of hydrogen-bond donors (Lipinski definition) is 0. The van der Waals surface area contributed by atoms with Gasteiger partial charge in [-0.05, 0) is 42.8 Å². The summed E-state index contributed by atoms with van der Waals surface area (Å²) in [6, 6.07) is 6.15. The molecule has 1 aromatic heterocycles. The van der Waals surface area contributed by atoms with Gasteiger partial charge in [0.2, 0.25) is 0 Å². The summed E-state index contributed by atoms with van der Waals surface area (Å²) in [4.78, 5) is 23.7. The van der Waals surface area contributed by atoms with Crippen molar-refractivity contribution in [2.75, 3.05) is 6.61 Å². The van der Waals surface area contributed by atoms with Crippen LogP contribution in [-0.4, -0.2) is 12.4 Å². The van der Waals surface area contributed by atoms with Crippen LogP contribution in [-0.2, 0) is 12.4 Å². The Hall–Kier alpha value is -3.30. The van der Waals surface area contributed by atoms with E-state index < -0.39 is 47.1 Å². The Balaban J connectivity index is 1.87. The molecule has 0 aliphatic carbocycles. The van der Waals surface area contributed by atoms with Crippen LogP contribution in [0, 0.1) is 6.92 Å². The van der Waals surface area contributed by atoms with Crippen LogP contribution >= 0.6 is 0 Å². The number of rotatable bonds is 4. The highest BCUT2D eigenvalue weighted by Crippen LogP contribution is 2.36. The van der Waals surface area contributed by atoms with Gasteiger partial charge in [-0.15, -0.1) is 0 Å². The van der Waals surface area contributed by atoms with E-state index in [-0.39, 0.29) is 17.4 Å². The molecule has 0 saturated carbocycles. The quantitative estimate of drug-likeness (QED) is 0.316. The highest BCUT2D eigenvalue weighted by molar-refractivity contribution is 5.97. The lowest BCUT2D eigenvalue weighted by Gasteiger charge is -2.14. The minimum Gasteiger partial charge on any atom is -0.485 e. The van der Waals surface area contributed by atoms with Crippen molar-refractivity contribution in [2.45, 2.75) is 19.3 Å². The monoisotopic (exact) mass is 430 g/mol. The molecule has 0 bridgehead atoms. The third kappa shape index (κ3) is 4.64. The van der Waals surface area contributed by atoms with Crippen LogP contribution in [0.15, 0.2) is 51.7 Å². The smallest absolute Gasteiger partial charge is 0.416 e. The minimum absolute atomic E-state index is 0.0487. The summed E-state index contributed by atoms with van der Waals surface area (Å²) in [7, 11) is 0. The van der Waals surface area contributed by atoms with Gasteiger partial charge in [-0.3, -0.25) is 4.79 Å². The van der Waals surface area contributed by atoms with Gasteiger partial charge < -0.3 is 9.15 Å². The molecule has 0 aliphatic rings. The van der Waals surface area contributed by atoms with E-state index in [1.165, 1.54) is 18.2 Å². The van der Waals surface area contributed by atoms with Crippen molar-refractivity contribution in [3.8, 4) is 5.75 Å². The zero-order chi connectivity index (χ0) is 22.3. The number of hydrogen-bond acceptors (Lipinski definition) is 4. The maximum Gasteiger partial charge on any atom is 0.416 e. The summed E-state index contributed by atoms with van der Waals surface area (Å²) in [6.07, 6.45) is -10.1. The lowest BCUT2D eigenvalue weighted by Crippen LogP contribution is -2.16. The Bertz CT molecular complexity index is 1140. The van der Waals surface area contributed by atoms with Crippen LogP contribution in [0.4, 0.5) is 26.3 Å². The largest absolute Gasteiger partial charge is 0.485 e. The molecule has 0 amide bonds. The molecule has 0 aliphatic heterocycles. The first-order valence-electron chi connectivity index (χ1n) is 8.34. The number of aryl methyl sites for hydroxylation is 1. The molecule has 0 N–H and O–H groups in total. The van der Waals surface area contributed by atoms with E-state index in [9.17, 15) is 35.9 Å². The maximum atomic E-state index is 12.9. The number of carbonyl (C=O) groups excluding carboxylic acids is 1. The average Bonchev–Trinajstić information content (AvgIpc) is 2.63. The third-order valence-electron chi connectivity index (χ3n) is 4.20. The highest BCUT2D eigenvalue weighted by Gasteiger charge is 2.37. The molecule has 0 saturated heterocycles. The molecular weight excluding hydrogens is 418 g/mol. The predicted molar refractivity (Wildman–Crippen MR) is 93.5 cm³/mol. The lowest BCUT2D eigenvalue weighted by atomic mass is 10.0. The van der Waals surface area contributed by atoms with Crippen molar-refractivity contribution >= 4 is 16.8 Å². The Morgan fingerprint density at radius 2 is 1.53 bits per heavy atom. The zero-order valence-corrected chi connectivity index (χ0v) is 15.1. The van der Waals surface area contributed by atoms with Crippen molar-refractivity contribution in [3.63, 3.8) is 0 Å². The number of carbonyl (C=O) groups is 1. The molecule has 10 heteroatoms. The van der Waals surface area contributed by atoms with E-state index in [2.05, 4.69) is 0 Å².